The summed E-state index contributed by atoms with van der Waals surface area (Å²) in [5.74, 6) is 0.00778. The van der Waals surface area contributed by atoms with Crippen molar-refractivity contribution in [3.63, 3.8) is 0 Å². The Balaban J connectivity index is 1.51. The number of nitrogens with zero attached hydrogens (tertiary/aromatic N) is 3. The third-order valence-electron chi connectivity index (χ3n) is 6.13. The van der Waals surface area contributed by atoms with Gasteiger partial charge in [-0.25, -0.2) is 9.78 Å². The third-order valence-corrected chi connectivity index (χ3v) is 7.07. The zero-order valence-electron chi connectivity index (χ0n) is 20.2. The van der Waals surface area contributed by atoms with Crippen molar-refractivity contribution in [1.29, 1.82) is 0 Å². The summed E-state index contributed by atoms with van der Waals surface area (Å²) in [7, 11) is 0. The van der Waals surface area contributed by atoms with E-state index in [1.54, 1.807) is 22.5 Å². The van der Waals surface area contributed by atoms with Crippen molar-refractivity contribution in [1.82, 2.24) is 19.8 Å². The lowest BCUT2D eigenvalue weighted by atomic mass is 10.1. The third kappa shape index (κ3) is 5.51. The van der Waals surface area contributed by atoms with Gasteiger partial charge in [-0.15, -0.1) is 0 Å². The molecular weight excluding hydrogens is 464 g/mol. The normalized spacial score (nSPS) is 14.2. The molecule has 35 heavy (non-hydrogen) atoms. The minimum absolute atomic E-state index is 0.000792. The average molecular weight is 495 g/mol. The van der Waals surface area contributed by atoms with Gasteiger partial charge in [0.1, 0.15) is 0 Å². The number of carbonyl (C=O) groups is 2. The van der Waals surface area contributed by atoms with Crippen LogP contribution in [0.5, 0.6) is 0 Å². The maximum atomic E-state index is 13.5. The van der Waals surface area contributed by atoms with E-state index in [2.05, 4.69) is 5.32 Å². The van der Waals surface area contributed by atoms with Crippen molar-refractivity contribution in [3.05, 3.63) is 63.9 Å². The fourth-order valence-electron chi connectivity index (χ4n) is 4.39. The van der Waals surface area contributed by atoms with Gasteiger partial charge in [-0.3, -0.25) is 14.2 Å². The highest BCUT2D eigenvalue weighted by molar-refractivity contribution is 7.99. The van der Waals surface area contributed by atoms with Crippen LogP contribution in [0.2, 0.25) is 0 Å². The number of carbonyl (C=O) groups excluding carboxylic acids is 2. The number of thioether (sulfide) groups is 1. The van der Waals surface area contributed by atoms with Crippen LogP contribution < -0.4 is 10.9 Å². The van der Waals surface area contributed by atoms with Gasteiger partial charge < -0.3 is 15.0 Å². The smallest absolute Gasteiger partial charge is 0.409 e. The van der Waals surface area contributed by atoms with Gasteiger partial charge in [0.2, 0.25) is 5.91 Å². The molecule has 1 N–H and O–H groups in total. The minimum Gasteiger partial charge on any atom is -0.450 e. The fourth-order valence-corrected chi connectivity index (χ4v) is 5.20. The predicted molar refractivity (Wildman–Crippen MR) is 137 cm³/mol. The first-order valence-electron chi connectivity index (χ1n) is 11.8. The van der Waals surface area contributed by atoms with E-state index in [9.17, 15) is 14.4 Å². The maximum Gasteiger partial charge on any atom is 0.409 e. The number of ether oxygens (including phenoxy) is 1. The predicted octanol–water partition coefficient (Wildman–Crippen LogP) is 3.83. The van der Waals surface area contributed by atoms with Gasteiger partial charge >= 0.3 is 6.09 Å². The van der Waals surface area contributed by atoms with E-state index in [-0.39, 0.29) is 29.4 Å². The largest absolute Gasteiger partial charge is 0.450 e. The van der Waals surface area contributed by atoms with E-state index in [0.717, 1.165) is 16.8 Å². The highest BCUT2D eigenvalue weighted by atomic mass is 32.2. The Morgan fingerprint density at radius 3 is 2.46 bits per heavy atom. The number of benzene rings is 2. The van der Waals surface area contributed by atoms with Gasteiger partial charge in [-0.2, -0.15) is 0 Å². The summed E-state index contributed by atoms with van der Waals surface area (Å²) in [6.45, 7) is 7.17. The lowest BCUT2D eigenvalue weighted by Crippen LogP contribution is -2.47. The van der Waals surface area contributed by atoms with Crippen LogP contribution in [-0.2, 0) is 9.53 Å². The van der Waals surface area contributed by atoms with Crippen LogP contribution >= 0.6 is 11.8 Å². The lowest BCUT2D eigenvalue weighted by Gasteiger charge is -2.31. The van der Waals surface area contributed by atoms with Gasteiger partial charge in [-0.05, 0) is 56.9 Å². The van der Waals surface area contributed by atoms with Crippen LogP contribution in [0, 0.1) is 13.8 Å². The number of piperidine rings is 1. The van der Waals surface area contributed by atoms with E-state index in [1.165, 1.54) is 11.8 Å². The molecule has 2 heterocycles. The van der Waals surface area contributed by atoms with Crippen LogP contribution in [0.3, 0.4) is 0 Å². The van der Waals surface area contributed by atoms with Gasteiger partial charge in [0.25, 0.3) is 5.56 Å². The Hall–Kier alpha value is -3.33. The van der Waals surface area contributed by atoms with Crippen LogP contribution in [-0.4, -0.2) is 57.9 Å². The molecule has 184 valence electrons. The molecule has 2 aromatic carbocycles. The highest BCUT2D eigenvalue weighted by Gasteiger charge is 2.25. The molecule has 0 unspecified atom stereocenters. The fraction of sp³-hybridized carbons (Fsp3) is 0.385. The quantitative estimate of drug-likeness (QED) is 0.414. The second-order valence-electron chi connectivity index (χ2n) is 8.61. The number of hydrogen-bond acceptors (Lipinski definition) is 6. The number of aryl methyl sites for hydroxylation is 2. The van der Waals surface area contributed by atoms with Gasteiger partial charge in [0.05, 0.1) is 29.0 Å². The van der Waals surface area contributed by atoms with Crippen LogP contribution in [0.1, 0.15) is 30.9 Å². The zero-order chi connectivity index (χ0) is 24.9. The molecule has 1 aliphatic rings. The SMILES string of the molecule is CCOC(=O)N1CCC(NC(=O)CSc2nc3ccccc3c(=O)n2-c2c(C)cccc2C)CC1. The summed E-state index contributed by atoms with van der Waals surface area (Å²) in [5, 5.41) is 4.08. The van der Waals surface area contributed by atoms with Crippen molar-refractivity contribution >= 4 is 34.7 Å². The number of amides is 2. The number of nitrogens with one attached hydrogen (secondary N) is 1. The molecule has 1 aromatic heterocycles. The molecular formula is C26H30N4O4S. The molecule has 1 aliphatic heterocycles. The average Bonchev–Trinajstić information content (AvgIpc) is 2.84. The number of para-hydroxylation sites is 2. The second kappa shape index (κ2) is 10.9. The Bertz CT molecular complexity index is 1280. The van der Waals surface area contributed by atoms with Crippen molar-refractivity contribution < 1.29 is 14.3 Å². The zero-order valence-corrected chi connectivity index (χ0v) is 21.1. The molecule has 8 nitrogen and oxygen atoms in total. The molecule has 0 atom stereocenters. The van der Waals surface area contributed by atoms with Gasteiger partial charge in [-0.1, -0.05) is 42.1 Å². The van der Waals surface area contributed by atoms with E-state index in [0.29, 0.717) is 48.6 Å². The molecule has 3 aromatic rings. The summed E-state index contributed by atoms with van der Waals surface area (Å²) in [4.78, 5) is 44.6. The van der Waals surface area contributed by atoms with Crippen LogP contribution in [0.15, 0.2) is 52.4 Å². The minimum atomic E-state index is -0.306. The maximum absolute atomic E-state index is 13.5. The summed E-state index contributed by atoms with van der Waals surface area (Å²) in [6.07, 6.45) is 1.05. The summed E-state index contributed by atoms with van der Waals surface area (Å²) in [5.41, 5.74) is 3.18. The Morgan fingerprint density at radius 2 is 1.77 bits per heavy atom. The number of likely N-dealkylation sites (tertiary alicyclic amines) is 1. The first-order chi connectivity index (χ1) is 16.9. The Morgan fingerprint density at radius 1 is 1.09 bits per heavy atom. The van der Waals surface area contributed by atoms with Crippen molar-refractivity contribution in [3.8, 4) is 5.69 Å². The molecule has 0 saturated carbocycles. The van der Waals surface area contributed by atoms with Crippen LogP contribution in [0.25, 0.3) is 16.6 Å². The Kier molecular flexibility index (Phi) is 7.75. The summed E-state index contributed by atoms with van der Waals surface area (Å²) < 4.78 is 6.68. The van der Waals surface area contributed by atoms with E-state index in [4.69, 9.17) is 9.72 Å². The number of hydrogen-bond donors (Lipinski definition) is 1. The molecule has 0 spiro atoms. The van der Waals surface area contributed by atoms with Gasteiger partial charge in [0, 0.05) is 19.1 Å². The van der Waals surface area contributed by atoms with E-state index in [1.807, 2.05) is 50.2 Å². The van der Waals surface area contributed by atoms with E-state index >= 15 is 0 Å². The van der Waals surface area contributed by atoms with E-state index < -0.39 is 0 Å². The molecule has 0 aliphatic carbocycles. The molecule has 9 heteroatoms. The molecule has 0 bridgehead atoms. The van der Waals surface area contributed by atoms with Crippen molar-refractivity contribution in [2.24, 2.45) is 0 Å². The second-order valence-corrected chi connectivity index (χ2v) is 9.55. The lowest BCUT2D eigenvalue weighted by molar-refractivity contribution is -0.119. The van der Waals surface area contributed by atoms with Crippen molar-refractivity contribution in [2.75, 3.05) is 25.4 Å². The first-order valence-corrected chi connectivity index (χ1v) is 12.8. The number of rotatable bonds is 6. The molecule has 2 amide bonds. The summed E-state index contributed by atoms with van der Waals surface area (Å²) >= 11 is 1.25. The van der Waals surface area contributed by atoms with Crippen molar-refractivity contribution in [2.45, 2.75) is 44.8 Å². The number of fused-ring (bicyclic) bond motifs is 1. The first kappa shape index (κ1) is 24.8. The Labute approximate surface area is 208 Å². The molecule has 1 saturated heterocycles. The monoisotopic (exact) mass is 494 g/mol. The molecule has 0 radical (unpaired) electrons. The standard InChI is InChI=1S/C26H30N4O4S/c1-4-34-26(33)29-14-12-19(13-15-29)27-22(31)16-35-25-28-21-11-6-5-10-20(21)24(32)30(25)23-17(2)8-7-9-18(23)3/h5-11,19H,4,12-16H2,1-3H3,(H,27,31). The number of aromatic nitrogens is 2. The topological polar surface area (TPSA) is 93.5 Å². The molecule has 4 rings (SSSR count). The highest BCUT2D eigenvalue weighted by Crippen LogP contribution is 2.25. The summed E-state index contributed by atoms with van der Waals surface area (Å²) in [6, 6.07) is 13.2. The van der Waals surface area contributed by atoms with Gasteiger partial charge in [0.15, 0.2) is 5.16 Å². The van der Waals surface area contributed by atoms with Crippen LogP contribution in [0.4, 0.5) is 4.79 Å². The molecule has 1 fully saturated rings.